The average Bonchev–Trinajstić information content (AvgIpc) is 2.64. The lowest BCUT2D eigenvalue weighted by atomic mass is 9.87. The molecule has 0 heteroatoms. The van der Waals surface area contributed by atoms with Crippen molar-refractivity contribution >= 4 is 0 Å². The molecular formula is C13H24. The van der Waals surface area contributed by atoms with Crippen LogP contribution in [-0.4, -0.2) is 0 Å². The van der Waals surface area contributed by atoms with Crippen molar-refractivity contribution in [3.63, 3.8) is 0 Å². The summed E-state index contributed by atoms with van der Waals surface area (Å²) in [6.45, 7) is 4.90. The van der Waals surface area contributed by atoms with Crippen LogP contribution in [0.4, 0.5) is 0 Å². The highest BCUT2D eigenvalue weighted by atomic mass is 14.3. The van der Waals surface area contributed by atoms with Crippen molar-refractivity contribution in [3.05, 3.63) is 0 Å². The van der Waals surface area contributed by atoms with E-state index >= 15 is 0 Å². The highest BCUT2D eigenvalue weighted by molar-refractivity contribution is 4.80. The highest BCUT2D eigenvalue weighted by Gasteiger charge is 2.29. The molecule has 0 aliphatic heterocycles. The van der Waals surface area contributed by atoms with Gasteiger partial charge in [-0.15, -0.1) is 0 Å². The van der Waals surface area contributed by atoms with E-state index < -0.39 is 0 Å². The molecule has 0 heterocycles. The van der Waals surface area contributed by atoms with Gasteiger partial charge in [0.05, 0.1) is 0 Å². The van der Waals surface area contributed by atoms with Crippen LogP contribution in [-0.2, 0) is 0 Å². The van der Waals surface area contributed by atoms with Gasteiger partial charge in [-0.25, -0.2) is 0 Å². The van der Waals surface area contributed by atoms with Gasteiger partial charge >= 0.3 is 0 Å². The summed E-state index contributed by atoms with van der Waals surface area (Å²) in [5, 5.41) is 0. The van der Waals surface area contributed by atoms with Crippen LogP contribution in [0.15, 0.2) is 0 Å². The summed E-state index contributed by atoms with van der Waals surface area (Å²) in [4.78, 5) is 0. The Bertz CT molecular complexity index is 161. The molecule has 0 bridgehead atoms. The third kappa shape index (κ3) is 2.27. The summed E-state index contributed by atoms with van der Waals surface area (Å²) in [5.41, 5.74) is 0. The molecule has 2 aliphatic carbocycles. The minimum absolute atomic E-state index is 1.03. The minimum atomic E-state index is 1.03. The van der Waals surface area contributed by atoms with Gasteiger partial charge in [-0.3, -0.25) is 0 Å². The lowest BCUT2D eigenvalue weighted by Crippen LogP contribution is -2.09. The maximum atomic E-state index is 2.47. The van der Waals surface area contributed by atoms with Crippen LogP contribution in [0.2, 0.25) is 0 Å². The van der Waals surface area contributed by atoms with Crippen LogP contribution in [0, 0.1) is 23.7 Å². The van der Waals surface area contributed by atoms with Crippen molar-refractivity contribution in [2.24, 2.45) is 23.7 Å². The van der Waals surface area contributed by atoms with E-state index in [9.17, 15) is 0 Å². The first-order valence-corrected chi connectivity index (χ1v) is 6.25. The molecule has 4 atom stereocenters. The monoisotopic (exact) mass is 180 g/mol. The Labute approximate surface area is 83.1 Å². The zero-order valence-corrected chi connectivity index (χ0v) is 9.26. The van der Waals surface area contributed by atoms with Crippen LogP contribution in [0.25, 0.3) is 0 Å². The summed E-state index contributed by atoms with van der Waals surface area (Å²) >= 11 is 0. The van der Waals surface area contributed by atoms with Crippen molar-refractivity contribution < 1.29 is 0 Å². The van der Waals surface area contributed by atoms with E-state index in [0.29, 0.717) is 0 Å². The second-order valence-corrected chi connectivity index (χ2v) is 5.69. The van der Waals surface area contributed by atoms with Crippen molar-refractivity contribution in [1.29, 1.82) is 0 Å². The van der Waals surface area contributed by atoms with E-state index in [0.717, 1.165) is 23.7 Å². The molecule has 0 aromatic heterocycles. The second kappa shape index (κ2) is 4.02. The lowest BCUT2D eigenvalue weighted by molar-refractivity contribution is 0.316. The fourth-order valence-corrected chi connectivity index (χ4v) is 3.54. The van der Waals surface area contributed by atoms with Gasteiger partial charge in [0.1, 0.15) is 0 Å². The van der Waals surface area contributed by atoms with E-state index in [1.165, 1.54) is 38.5 Å². The molecule has 0 radical (unpaired) electrons. The Morgan fingerprint density at radius 1 is 1.00 bits per heavy atom. The van der Waals surface area contributed by atoms with Crippen LogP contribution in [0.1, 0.15) is 58.8 Å². The van der Waals surface area contributed by atoms with E-state index in [1.807, 2.05) is 0 Å². The van der Waals surface area contributed by atoms with Crippen LogP contribution >= 0.6 is 0 Å². The maximum absolute atomic E-state index is 2.47. The van der Waals surface area contributed by atoms with Gasteiger partial charge in [-0.1, -0.05) is 46.0 Å². The highest BCUT2D eigenvalue weighted by Crippen LogP contribution is 2.41. The molecule has 0 unspecified atom stereocenters. The molecule has 2 saturated carbocycles. The molecule has 0 aromatic rings. The third-order valence-corrected chi connectivity index (χ3v) is 4.48. The van der Waals surface area contributed by atoms with Gasteiger partial charge in [-0.2, -0.15) is 0 Å². The van der Waals surface area contributed by atoms with Crippen LogP contribution in [0.3, 0.4) is 0 Å². The Hall–Kier alpha value is 0. The first kappa shape index (κ1) is 9.55. The summed E-state index contributed by atoms with van der Waals surface area (Å²) in [6, 6.07) is 0. The molecule has 0 saturated heterocycles. The van der Waals surface area contributed by atoms with E-state index in [-0.39, 0.29) is 0 Å². The van der Waals surface area contributed by atoms with E-state index in [2.05, 4.69) is 13.8 Å². The topological polar surface area (TPSA) is 0 Å². The molecule has 2 fully saturated rings. The fourth-order valence-electron chi connectivity index (χ4n) is 3.54. The zero-order chi connectivity index (χ0) is 9.26. The summed E-state index contributed by atoms with van der Waals surface area (Å²) in [7, 11) is 0. The first-order chi connectivity index (χ1) is 6.25. The molecule has 0 aromatic carbocycles. The molecule has 0 N–H and O–H groups in total. The molecule has 0 nitrogen and oxygen atoms in total. The first-order valence-electron chi connectivity index (χ1n) is 6.25. The molecule has 0 amide bonds. The summed E-state index contributed by atoms with van der Waals surface area (Å²) in [6.07, 6.45) is 10.7. The lowest BCUT2D eigenvalue weighted by Gasteiger charge is -2.19. The largest absolute Gasteiger partial charge is 0.0625 e. The number of hydrogen-bond donors (Lipinski definition) is 0. The minimum Gasteiger partial charge on any atom is -0.0625 e. The van der Waals surface area contributed by atoms with Crippen molar-refractivity contribution in [3.8, 4) is 0 Å². The molecule has 0 spiro atoms. The average molecular weight is 180 g/mol. The van der Waals surface area contributed by atoms with Crippen molar-refractivity contribution in [2.75, 3.05) is 0 Å². The number of hydrogen-bond acceptors (Lipinski definition) is 0. The molecule has 2 rings (SSSR count). The zero-order valence-electron chi connectivity index (χ0n) is 9.26. The molecule has 2 aliphatic rings. The Kier molecular flexibility index (Phi) is 2.96. The maximum Gasteiger partial charge on any atom is -0.0386 e. The normalized spacial score (nSPS) is 45.7. The van der Waals surface area contributed by atoms with Gasteiger partial charge < -0.3 is 0 Å². The van der Waals surface area contributed by atoms with Crippen molar-refractivity contribution in [1.82, 2.24) is 0 Å². The van der Waals surface area contributed by atoms with Gasteiger partial charge in [0.2, 0.25) is 0 Å². The van der Waals surface area contributed by atoms with Crippen molar-refractivity contribution in [2.45, 2.75) is 58.8 Å². The third-order valence-electron chi connectivity index (χ3n) is 4.48. The van der Waals surface area contributed by atoms with E-state index in [1.54, 1.807) is 6.42 Å². The Morgan fingerprint density at radius 2 is 1.85 bits per heavy atom. The SMILES string of the molecule is C[C@@H]1CC[C@@H](C[C@@H]2CCC[C@@H]2C)C1. The fraction of sp³-hybridized carbons (Fsp3) is 1.00. The quantitative estimate of drug-likeness (QED) is 0.596. The Balaban J connectivity index is 1.77. The van der Waals surface area contributed by atoms with Crippen LogP contribution in [0.5, 0.6) is 0 Å². The van der Waals surface area contributed by atoms with Gasteiger partial charge in [0.25, 0.3) is 0 Å². The molecular weight excluding hydrogens is 156 g/mol. The van der Waals surface area contributed by atoms with Gasteiger partial charge in [0.15, 0.2) is 0 Å². The van der Waals surface area contributed by atoms with Crippen LogP contribution < -0.4 is 0 Å². The predicted octanol–water partition coefficient (Wildman–Crippen LogP) is 4.25. The van der Waals surface area contributed by atoms with Gasteiger partial charge in [0, 0.05) is 0 Å². The van der Waals surface area contributed by atoms with Gasteiger partial charge in [-0.05, 0) is 36.5 Å². The van der Waals surface area contributed by atoms with E-state index in [4.69, 9.17) is 0 Å². The smallest absolute Gasteiger partial charge is 0.0386 e. The second-order valence-electron chi connectivity index (χ2n) is 5.69. The predicted molar refractivity (Wildman–Crippen MR) is 57.6 cm³/mol. The molecule has 13 heavy (non-hydrogen) atoms. The standard InChI is InChI=1S/C13H24/c1-10-6-7-12(8-10)9-13-5-3-4-11(13)2/h10-13H,3-9H2,1-2H3/t10-,11+,12-,13+/m1/s1. The summed E-state index contributed by atoms with van der Waals surface area (Å²) in [5.74, 6) is 4.26. The summed E-state index contributed by atoms with van der Waals surface area (Å²) < 4.78 is 0. The molecule has 76 valence electrons. The number of rotatable bonds is 2. The Morgan fingerprint density at radius 3 is 2.38 bits per heavy atom.